The van der Waals surface area contributed by atoms with Crippen molar-refractivity contribution in [2.24, 2.45) is 0 Å². The van der Waals surface area contributed by atoms with Crippen LogP contribution in [-0.4, -0.2) is 24.4 Å². The molecule has 0 aliphatic heterocycles. The Kier molecular flexibility index (Phi) is 5.60. The van der Waals surface area contributed by atoms with Gasteiger partial charge in [-0.2, -0.15) is 0 Å². The largest absolute Gasteiger partial charge is 0.493 e. The highest BCUT2D eigenvalue weighted by Gasteiger charge is 2.13. The number of benzene rings is 2. The molecular formula is C17H14BrFN2O3S. The fourth-order valence-electron chi connectivity index (χ4n) is 2.13. The Morgan fingerprint density at radius 3 is 2.60 bits per heavy atom. The van der Waals surface area contributed by atoms with Crippen LogP contribution in [0.4, 0.5) is 4.39 Å². The highest BCUT2D eigenvalue weighted by Crippen LogP contribution is 2.33. The Morgan fingerprint density at radius 2 is 1.88 bits per heavy atom. The molecule has 0 saturated carbocycles. The molecule has 0 atom stereocenters. The molecule has 0 spiro atoms. The molecule has 25 heavy (non-hydrogen) atoms. The van der Waals surface area contributed by atoms with Crippen molar-refractivity contribution >= 4 is 27.7 Å². The molecule has 3 aromatic rings. The molecule has 1 aromatic heterocycles. The third-order valence-corrected chi connectivity index (χ3v) is 4.76. The first-order chi connectivity index (χ1) is 12.1. The van der Waals surface area contributed by atoms with Crippen LogP contribution in [0.5, 0.6) is 11.5 Å². The van der Waals surface area contributed by atoms with E-state index in [9.17, 15) is 4.39 Å². The molecule has 0 fully saturated rings. The van der Waals surface area contributed by atoms with Crippen LogP contribution in [0.1, 0.15) is 5.56 Å². The van der Waals surface area contributed by atoms with Crippen molar-refractivity contribution in [3.63, 3.8) is 0 Å². The predicted molar refractivity (Wildman–Crippen MR) is 96.5 cm³/mol. The third kappa shape index (κ3) is 4.13. The summed E-state index contributed by atoms with van der Waals surface area (Å²) in [5.74, 6) is 1.67. The molecule has 5 nitrogen and oxygen atoms in total. The minimum atomic E-state index is -0.276. The van der Waals surface area contributed by atoms with Gasteiger partial charge in [0.2, 0.25) is 5.89 Å². The SMILES string of the molecule is COc1ccc(-c2nnc(SCc3ccc(Br)cc3F)o2)cc1OC. The molecule has 8 heteroatoms. The summed E-state index contributed by atoms with van der Waals surface area (Å²) in [5.41, 5.74) is 1.28. The first-order valence-electron chi connectivity index (χ1n) is 7.23. The number of thioether (sulfide) groups is 1. The second-order valence-corrected chi connectivity index (χ2v) is 6.81. The van der Waals surface area contributed by atoms with E-state index >= 15 is 0 Å². The lowest BCUT2D eigenvalue weighted by molar-refractivity contribution is 0.355. The van der Waals surface area contributed by atoms with Gasteiger partial charge in [-0.15, -0.1) is 10.2 Å². The molecule has 0 aliphatic carbocycles. The highest BCUT2D eigenvalue weighted by molar-refractivity contribution is 9.10. The summed E-state index contributed by atoms with van der Waals surface area (Å²) >= 11 is 4.51. The van der Waals surface area contributed by atoms with Gasteiger partial charge >= 0.3 is 0 Å². The lowest BCUT2D eigenvalue weighted by atomic mass is 10.2. The molecule has 0 radical (unpaired) electrons. The minimum Gasteiger partial charge on any atom is -0.493 e. The summed E-state index contributed by atoms with van der Waals surface area (Å²) in [6, 6.07) is 10.3. The molecule has 0 saturated heterocycles. The van der Waals surface area contributed by atoms with Crippen molar-refractivity contribution < 1.29 is 18.3 Å². The predicted octanol–water partition coefficient (Wildman–Crippen LogP) is 4.95. The highest BCUT2D eigenvalue weighted by atomic mass is 79.9. The van der Waals surface area contributed by atoms with Crippen LogP contribution in [-0.2, 0) is 5.75 Å². The second kappa shape index (κ2) is 7.88. The molecule has 1 heterocycles. The summed E-state index contributed by atoms with van der Waals surface area (Å²) in [7, 11) is 3.13. The summed E-state index contributed by atoms with van der Waals surface area (Å²) in [6.45, 7) is 0. The molecule has 0 bridgehead atoms. The molecule has 0 unspecified atom stereocenters. The van der Waals surface area contributed by atoms with Crippen molar-refractivity contribution in [2.75, 3.05) is 14.2 Å². The Hall–Kier alpha value is -2.06. The Labute approximate surface area is 156 Å². The molecule has 130 valence electrons. The van der Waals surface area contributed by atoms with Crippen molar-refractivity contribution in [3.8, 4) is 23.0 Å². The standard InChI is InChI=1S/C17H14BrFN2O3S/c1-22-14-6-4-10(7-15(14)23-2)16-20-21-17(24-16)25-9-11-3-5-12(18)8-13(11)19/h3-8H,9H2,1-2H3. The van der Waals surface area contributed by atoms with Crippen LogP contribution in [0.15, 0.2) is 50.5 Å². The lowest BCUT2D eigenvalue weighted by Crippen LogP contribution is -1.90. The zero-order chi connectivity index (χ0) is 17.8. The van der Waals surface area contributed by atoms with Gasteiger partial charge in [0, 0.05) is 15.8 Å². The molecule has 3 rings (SSSR count). The van der Waals surface area contributed by atoms with Crippen molar-refractivity contribution in [3.05, 3.63) is 52.3 Å². The summed E-state index contributed by atoms with van der Waals surface area (Å²) in [4.78, 5) is 0. The van der Waals surface area contributed by atoms with Gasteiger partial charge in [0.05, 0.1) is 14.2 Å². The third-order valence-electron chi connectivity index (χ3n) is 3.40. The van der Waals surface area contributed by atoms with Gasteiger partial charge in [-0.3, -0.25) is 0 Å². The molecular weight excluding hydrogens is 411 g/mol. The normalized spacial score (nSPS) is 10.7. The summed E-state index contributed by atoms with van der Waals surface area (Å²) < 4.78 is 30.7. The lowest BCUT2D eigenvalue weighted by Gasteiger charge is -2.07. The average molecular weight is 425 g/mol. The van der Waals surface area contributed by atoms with E-state index in [-0.39, 0.29) is 5.82 Å². The van der Waals surface area contributed by atoms with Crippen LogP contribution < -0.4 is 9.47 Å². The Bertz CT molecular complexity index is 888. The fraction of sp³-hybridized carbons (Fsp3) is 0.176. The average Bonchev–Trinajstić information content (AvgIpc) is 3.09. The van der Waals surface area contributed by atoms with E-state index in [1.807, 2.05) is 0 Å². The van der Waals surface area contributed by atoms with Gasteiger partial charge in [0.15, 0.2) is 11.5 Å². The molecule has 0 amide bonds. The maximum atomic E-state index is 13.8. The number of ether oxygens (including phenoxy) is 2. The van der Waals surface area contributed by atoms with Gasteiger partial charge in [-0.25, -0.2) is 4.39 Å². The number of aromatic nitrogens is 2. The van der Waals surface area contributed by atoms with Crippen molar-refractivity contribution in [1.82, 2.24) is 10.2 Å². The van der Waals surface area contributed by atoms with E-state index in [0.717, 1.165) is 0 Å². The van der Waals surface area contributed by atoms with E-state index in [4.69, 9.17) is 13.9 Å². The van der Waals surface area contributed by atoms with Gasteiger partial charge in [0.1, 0.15) is 5.82 Å². The van der Waals surface area contributed by atoms with E-state index < -0.39 is 0 Å². The van der Waals surface area contributed by atoms with Crippen LogP contribution in [0, 0.1) is 5.82 Å². The maximum Gasteiger partial charge on any atom is 0.277 e. The van der Waals surface area contributed by atoms with Crippen molar-refractivity contribution in [1.29, 1.82) is 0 Å². The second-order valence-electron chi connectivity index (χ2n) is 4.97. The number of nitrogens with zero attached hydrogens (tertiary/aromatic N) is 2. The summed E-state index contributed by atoms with van der Waals surface area (Å²) in [5, 5.41) is 8.39. The van der Waals surface area contributed by atoms with Gasteiger partial charge in [0.25, 0.3) is 5.22 Å². The smallest absolute Gasteiger partial charge is 0.277 e. The van der Waals surface area contributed by atoms with Gasteiger partial charge in [-0.05, 0) is 35.9 Å². The zero-order valence-corrected chi connectivity index (χ0v) is 15.9. The van der Waals surface area contributed by atoms with E-state index in [1.54, 1.807) is 44.6 Å². The molecule has 2 aromatic carbocycles. The zero-order valence-electron chi connectivity index (χ0n) is 13.5. The Morgan fingerprint density at radius 1 is 1.08 bits per heavy atom. The first kappa shape index (κ1) is 17.8. The number of hydrogen-bond donors (Lipinski definition) is 0. The first-order valence-corrected chi connectivity index (χ1v) is 9.01. The topological polar surface area (TPSA) is 57.4 Å². The number of halogens is 2. The Balaban J connectivity index is 1.74. The number of methoxy groups -OCH3 is 2. The van der Waals surface area contributed by atoms with Gasteiger partial charge in [-0.1, -0.05) is 33.8 Å². The van der Waals surface area contributed by atoms with E-state index in [1.165, 1.54) is 17.8 Å². The number of hydrogen-bond acceptors (Lipinski definition) is 6. The quantitative estimate of drug-likeness (QED) is 0.521. The number of rotatable bonds is 6. The molecule has 0 aliphatic rings. The van der Waals surface area contributed by atoms with E-state index in [0.29, 0.717) is 44.0 Å². The fourth-order valence-corrected chi connectivity index (χ4v) is 3.21. The van der Waals surface area contributed by atoms with Crippen LogP contribution in [0.3, 0.4) is 0 Å². The molecule has 0 N–H and O–H groups in total. The maximum absolute atomic E-state index is 13.8. The van der Waals surface area contributed by atoms with Crippen molar-refractivity contribution in [2.45, 2.75) is 11.0 Å². The van der Waals surface area contributed by atoms with Crippen LogP contribution in [0.2, 0.25) is 0 Å². The van der Waals surface area contributed by atoms with Gasteiger partial charge < -0.3 is 13.9 Å². The summed E-state index contributed by atoms with van der Waals surface area (Å²) in [6.07, 6.45) is 0. The van der Waals surface area contributed by atoms with E-state index in [2.05, 4.69) is 26.1 Å². The van der Waals surface area contributed by atoms with Crippen LogP contribution in [0.25, 0.3) is 11.5 Å². The minimum absolute atomic E-state index is 0.276. The van der Waals surface area contributed by atoms with Crippen LogP contribution >= 0.6 is 27.7 Å². The monoisotopic (exact) mass is 424 g/mol.